The van der Waals surface area contributed by atoms with Crippen LogP contribution in [0.1, 0.15) is 50.5 Å². The zero-order chi connectivity index (χ0) is 23.8. The Morgan fingerprint density at radius 1 is 1.18 bits per heavy atom. The lowest BCUT2D eigenvalue weighted by Crippen LogP contribution is -2.56. The molecule has 0 radical (unpaired) electrons. The van der Waals surface area contributed by atoms with E-state index in [4.69, 9.17) is 4.42 Å². The third kappa shape index (κ3) is 4.08. The quantitative estimate of drug-likeness (QED) is 0.670. The monoisotopic (exact) mass is 465 g/mol. The van der Waals surface area contributed by atoms with Gasteiger partial charge in [-0.25, -0.2) is 9.78 Å². The normalized spacial score (nSPS) is 27.4. The number of urea groups is 1. The number of hydrogen-bond acceptors (Lipinski definition) is 5. The first-order valence-corrected chi connectivity index (χ1v) is 12.4. The summed E-state index contributed by atoms with van der Waals surface area (Å²) < 4.78 is 5.13. The molecular formula is C26H35N5O3. The maximum absolute atomic E-state index is 13.6. The Labute approximate surface area is 201 Å². The van der Waals surface area contributed by atoms with Crippen LogP contribution in [0.4, 0.5) is 10.7 Å². The molecule has 2 saturated carbocycles. The Morgan fingerprint density at radius 2 is 1.91 bits per heavy atom. The SMILES string of the molecule is CN(C)[C@]1(c2ccccc2)CC[C@]2(CC1)CN(CC(=O)Nc1cnco1)C(=O)N2CC1CCC1. The van der Waals surface area contributed by atoms with Gasteiger partial charge in [-0.2, -0.15) is 0 Å². The third-order valence-electron chi connectivity index (χ3n) is 8.43. The summed E-state index contributed by atoms with van der Waals surface area (Å²) in [6.07, 6.45) is 10.2. The highest BCUT2D eigenvalue weighted by atomic mass is 16.4. The van der Waals surface area contributed by atoms with Crippen LogP contribution >= 0.6 is 0 Å². The van der Waals surface area contributed by atoms with Crippen molar-refractivity contribution in [1.82, 2.24) is 19.7 Å². The van der Waals surface area contributed by atoms with Crippen molar-refractivity contribution >= 4 is 17.8 Å². The highest BCUT2D eigenvalue weighted by molar-refractivity contribution is 5.93. The van der Waals surface area contributed by atoms with Crippen molar-refractivity contribution in [2.75, 3.05) is 39.0 Å². The van der Waals surface area contributed by atoms with Gasteiger partial charge in [0.2, 0.25) is 11.8 Å². The summed E-state index contributed by atoms with van der Waals surface area (Å²) >= 11 is 0. The minimum Gasteiger partial charge on any atom is -0.428 e. The van der Waals surface area contributed by atoms with Crippen molar-refractivity contribution < 1.29 is 14.0 Å². The van der Waals surface area contributed by atoms with Crippen LogP contribution in [-0.2, 0) is 10.3 Å². The van der Waals surface area contributed by atoms with Crippen molar-refractivity contribution in [1.29, 1.82) is 0 Å². The van der Waals surface area contributed by atoms with Crippen LogP contribution in [0.3, 0.4) is 0 Å². The topological polar surface area (TPSA) is 81.9 Å². The Bertz CT molecular complexity index is 995. The third-order valence-corrected chi connectivity index (χ3v) is 8.43. The molecule has 3 amide bonds. The van der Waals surface area contributed by atoms with Crippen molar-refractivity contribution in [2.24, 2.45) is 5.92 Å². The number of carbonyl (C=O) groups excluding carboxylic acids is 2. The number of anilines is 1. The van der Waals surface area contributed by atoms with E-state index in [-0.39, 0.29) is 29.6 Å². The van der Waals surface area contributed by atoms with Gasteiger partial charge in [0.05, 0.1) is 11.7 Å². The Morgan fingerprint density at radius 3 is 2.50 bits per heavy atom. The summed E-state index contributed by atoms with van der Waals surface area (Å²) in [5, 5.41) is 2.70. The lowest BCUT2D eigenvalue weighted by Gasteiger charge is -2.51. The van der Waals surface area contributed by atoms with E-state index in [1.54, 1.807) is 4.90 Å². The van der Waals surface area contributed by atoms with Crippen molar-refractivity contribution in [3.8, 4) is 0 Å². The van der Waals surface area contributed by atoms with Gasteiger partial charge in [-0.05, 0) is 64.1 Å². The number of rotatable bonds is 7. The Balaban J connectivity index is 1.35. The van der Waals surface area contributed by atoms with Crippen LogP contribution in [-0.4, -0.2) is 70.9 Å². The van der Waals surface area contributed by atoms with Gasteiger partial charge in [-0.3, -0.25) is 15.0 Å². The molecule has 0 atom stereocenters. The maximum Gasteiger partial charge on any atom is 0.321 e. The second kappa shape index (κ2) is 9.06. The summed E-state index contributed by atoms with van der Waals surface area (Å²) in [7, 11) is 4.33. The molecule has 3 fully saturated rings. The predicted octanol–water partition coefficient (Wildman–Crippen LogP) is 3.92. The highest BCUT2D eigenvalue weighted by Gasteiger charge is 2.55. The van der Waals surface area contributed by atoms with Gasteiger partial charge in [0.25, 0.3) is 0 Å². The van der Waals surface area contributed by atoms with E-state index >= 15 is 0 Å². The van der Waals surface area contributed by atoms with Crippen molar-refractivity contribution in [3.63, 3.8) is 0 Å². The first kappa shape index (κ1) is 22.9. The van der Waals surface area contributed by atoms with E-state index in [1.807, 2.05) is 0 Å². The number of hydrogen-bond donors (Lipinski definition) is 1. The minimum atomic E-state index is -0.256. The molecule has 3 aliphatic rings. The lowest BCUT2D eigenvalue weighted by molar-refractivity contribution is -0.116. The van der Waals surface area contributed by atoms with Crippen LogP contribution in [0, 0.1) is 5.92 Å². The number of oxazole rings is 1. The number of carbonyl (C=O) groups is 2. The van der Waals surface area contributed by atoms with Gasteiger partial charge in [0, 0.05) is 18.6 Å². The number of nitrogens with zero attached hydrogens (tertiary/aromatic N) is 4. The van der Waals surface area contributed by atoms with Crippen LogP contribution in [0.5, 0.6) is 0 Å². The fourth-order valence-corrected chi connectivity index (χ4v) is 6.14. The molecule has 182 valence electrons. The fraction of sp³-hybridized carbons (Fsp3) is 0.577. The van der Waals surface area contributed by atoms with Crippen molar-refractivity contribution in [2.45, 2.75) is 56.0 Å². The second-order valence-corrected chi connectivity index (χ2v) is 10.5. The van der Waals surface area contributed by atoms with Crippen LogP contribution in [0.15, 0.2) is 47.3 Å². The van der Waals surface area contributed by atoms with E-state index in [0.717, 1.165) is 32.2 Å². The molecule has 1 saturated heterocycles. The standard InChI is InChI=1S/C26H35N5O3/c1-29(2)26(21-9-4-3-5-10-21)13-11-25(12-14-26)18-30(17-22(32)28-23-15-27-19-34-23)24(33)31(25)16-20-7-6-8-20/h3-5,9-10,15,19-20H,6-8,11-14,16-18H2,1-2H3,(H,28,32)/t25-,26+. The number of nitrogens with one attached hydrogen (secondary N) is 1. The average Bonchev–Trinajstić information content (AvgIpc) is 3.39. The molecule has 1 aromatic carbocycles. The van der Waals surface area contributed by atoms with Gasteiger partial charge in [0.15, 0.2) is 6.39 Å². The van der Waals surface area contributed by atoms with E-state index in [2.05, 4.69) is 64.5 Å². The Kier molecular flexibility index (Phi) is 6.10. The smallest absolute Gasteiger partial charge is 0.321 e. The molecule has 5 rings (SSSR count). The molecule has 2 aromatic rings. The number of aromatic nitrogens is 1. The van der Waals surface area contributed by atoms with E-state index < -0.39 is 0 Å². The first-order valence-electron chi connectivity index (χ1n) is 12.4. The van der Waals surface area contributed by atoms with Gasteiger partial charge < -0.3 is 14.2 Å². The van der Waals surface area contributed by atoms with Crippen LogP contribution < -0.4 is 5.32 Å². The molecule has 0 unspecified atom stereocenters. The minimum absolute atomic E-state index is 0.00307. The van der Waals surface area contributed by atoms with Gasteiger partial charge in [0.1, 0.15) is 6.54 Å². The summed E-state index contributed by atoms with van der Waals surface area (Å²) in [4.78, 5) is 36.3. The number of benzene rings is 1. The highest BCUT2D eigenvalue weighted by Crippen LogP contribution is 2.49. The summed E-state index contributed by atoms with van der Waals surface area (Å²) in [6, 6.07) is 10.7. The molecule has 2 heterocycles. The van der Waals surface area contributed by atoms with E-state index in [0.29, 0.717) is 18.3 Å². The van der Waals surface area contributed by atoms with E-state index in [1.165, 1.54) is 37.4 Å². The molecule has 1 aromatic heterocycles. The molecule has 8 heteroatoms. The molecule has 1 aliphatic heterocycles. The zero-order valence-electron chi connectivity index (χ0n) is 20.2. The lowest BCUT2D eigenvalue weighted by atomic mass is 9.68. The predicted molar refractivity (Wildman–Crippen MR) is 129 cm³/mol. The summed E-state index contributed by atoms with van der Waals surface area (Å²) in [5.41, 5.74) is 1.09. The molecule has 1 spiro atoms. The molecule has 0 bridgehead atoms. The fourth-order valence-electron chi connectivity index (χ4n) is 6.14. The van der Waals surface area contributed by atoms with E-state index in [9.17, 15) is 9.59 Å². The van der Waals surface area contributed by atoms with Crippen LogP contribution in [0.25, 0.3) is 0 Å². The molecule has 2 aliphatic carbocycles. The Hall–Kier alpha value is -2.87. The maximum atomic E-state index is 13.6. The zero-order valence-corrected chi connectivity index (χ0v) is 20.2. The molecule has 8 nitrogen and oxygen atoms in total. The molecular weight excluding hydrogens is 430 g/mol. The largest absolute Gasteiger partial charge is 0.428 e. The molecule has 1 N–H and O–H groups in total. The summed E-state index contributed by atoms with van der Waals surface area (Å²) in [5.74, 6) is 0.626. The number of amides is 3. The van der Waals surface area contributed by atoms with Gasteiger partial charge >= 0.3 is 6.03 Å². The first-order chi connectivity index (χ1) is 16.4. The average molecular weight is 466 g/mol. The molecule has 34 heavy (non-hydrogen) atoms. The van der Waals surface area contributed by atoms with Crippen LogP contribution in [0.2, 0.25) is 0 Å². The van der Waals surface area contributed by atoms with Crippen molar-refractivity contribution in [3.05, 3.63) is 48.5 Å². The summed E-state index contributed by atoms with van der Waals surface area (Å²) in [6.45, 7) is 1.43. The second-order valence-electron chi connectivity index (χ2n) is 10.5. The van der Waals surface area contributed by atoms with Gasteiger partial charge in [-0.1, -0.05) is 36.8 Å². The van der Waals surface area contributed by atoms with Gasteiger partial charge in [-0.15, -0.1) is 0 Å².